The molecule has 0 aliphatic rings. The van der Waals surface area contributed by atoms with Gasteiger partial charge in [0.25, 0.3) is 0 Å². The molecule has 1 atom stereocenters. The molecule has 198 valence electrons. The number of aliphatic hydroxyl groups excluding tert-OH is 1. The molecule has 8 nitrogen and oxygen atoms in total. The van der Waals surface area contributed by atoms with Gasteiger partial charge in [0.2, 0.25) is 5.91 Å². The molecule has 0 radical (unpaired) electrons. The van der Waals surface area contributed by atoms with E-state index in [0.29, 0.717) is 24.8 Å². The van der Waals surface area contributed by atoms with Gasteiger partial charge in [0, 0.05) is 31.7 Å². The number of amides is 2. The number of carbonyl (C=O) groups excluding carboxylic acids is 2. The zero-order valence-electron chi connectivity index (χ0n) is 20.3. The Morgan fingerprint density at radius 1 is 1.14 bits per heavy atom. The first-order valence-electron chi connectivity index (χ1n) is 11.7. The molecule has 0 saturated carbocycles. The summed E-state index contributed by atoms with van der Waals surface area (Å²) in [4.78, 5) is 26.5. The SMILES string of the molecule is CN(C(=O)CCc1cccc(F)c1F)[C@@H](CCCCO)COC(=O)Nc1cc(-c2cccc(F)c2)on1. The Kier molecular flexibility index (Phi) is 10.1. The Morgan fingerprint density at radius 3 is 2.68 bits per heavy atom. The molecule has 1 heterocycles. The third kappa shape index (κ3) is 8.07. The molecule has 3 rings (SSSR count). The number of benzene rings is 2. The molecule has 0 spiro atoms. The summed E-state index contributed by atoms with van der Waals surface area (Å²) in [5.41, 5.74) is 0.538. The molecule has 2 aromatic carbocycles. The number of aryl methyl sites for hydroxylation is 1. The van der Waals surface area contributed by atoms with Crippen LogP contribution in [0, 0.1) is 17.5 Å². The molecule has 11 heteroatoms. The molecular weight excluding hydrogens is 491 g/mol. The van der Waals surface area contributed by atoms with Crippen LogP contribution in [0.2, 0.25) is 0 Å². The molecule has 2 amide bonds. The standard InChI is InChI=1S/C26H28F3N3O5/c1-32(24(34)12-11-17-6-5-10-21(28)25(17)29)20(9-2-3-13-33)16-36-26(35)30-23-15-22(37-31-23)18-7-4-8-19(27)14-18/h4-8,10,14-15,20,33H,2-3,9,11-13,16H2,1H3,(H,30,31,35)/t20-/m0/s1. The van der Waals surface area contributed by atoms with Crippen molar-refractivity contribution >= 4 is 17.8 Å². The minimum atomic E-state index is -0.981. The van der Waals surface area contributed by atoms with Crippen molar-refractivity contribution in [2.75, 3.05) is 25.6 Å². The number of nitrogens with zero attached hydrogens (tertiary/aromatic N) is 2. The molecule has 3 aromatic rings. The molecule has 0 aliphatic carbocycles. The van der Waals surface area contributed by atoms with E-state index in [0.717, 1.165) is 6.07 Å². The Bertz CT molecular complexity index is 1200. The monoisotopic (exact) mass is 519 g/mol. The van der Waals surface area contributed by atoms with Crippen LogP contribution in [0.25, 0.3) is 11.3 Å². The van der Waals surface area contributed by atoms with Crippen LogP contribution < -0.4 is 5.32 Å². The summed E-state index contributed by atoms with van der Waals surface area (Å²) in [6, 6.07) is 10.4. The Hall–Kier alpha value is -3.86. The van der Waals surface area contributed by atoms with Crippen LogP contribution >= 0.6 is 0 Å². The highest BCUT2D eigenvalue weighted by Crippen LogP contribution is 2.23. The maximum atomic E-state index is 13.9. The van der Waals surface area contributed by atoms with Crippen molar-refractivity contribution < 1.29 is 37.1 Å². The summed E-state index contributed by atoms with van der Waals surface area (Å²) in [5.74, 6) is -2.44. The predicted molar refractivity (Wildman–Crippen MR) is 129 cm³/mol. The summed E-state index contributed by atoms with van der Waals surface area (Å²) in [6.07, 6.45) is 0.620. The van der Waals surface area contributed by atoms with Crippen LogP contribution in [0.1, 0.15) is 31.2 Å². The van der Waals surface area contributed by atoms with Crippen molar-refractivity contribution in [2.45, 2.75) is 38.1 Å². The van der Waals surface area contributed by atoms with Crippen LogP contribution in [0.15, 0.2) is 53.1 Å². The largest absolute Gasteiger partial charge is 0.447 e. The first-order valence-corrected chi connectivity index (χ1v) is 11.7. The molecule has 0 unspecified atom stereocenters. The lowest BCUT2D eigenvalue weighted by molar-refractivity contribution is -0.133. The minimum absolute atomic E-state index is 0.0112. The second-order valence-electron chi connectivity index (χ2n) is 8.40. The van der Waals surface area contributed by atoms with Crippen molar-refractivity contribution in [1.29, 1.82) is 0 Å². The third-order valence-corrected chi connectivity index (χ3v) is 5.78. The van der Waals surface area contributed by atoms with Gasteiger partial charge in [-0.3, -0.25) is 10.1 Å². The van der Waals surface area contributed by atoms with Crippen molar-refractivity contribution in [1.82, 2.24) is 10.1 Å². The lowest BCUT2D eigenvalue weighted by Crippen LogP contribution is -2.41. The van der Waals surface area contributed by atoms with Crippen LogP contribution in [0.5, 0.6) is 0 Å². The average Bonchev–Trinajstić information content (AvgIpc) is 3.35. The summed E-state index contributed by atoms with van der Waals surface area (Å²) < 4.78 is 51.2. The van der Waals surface area contributed by atoms with Gasteiger partial charge in [-0.25, -0.2) is 18.0 Å². The number of carbonyl (C=O) groups is 2. The zero-order valence-corrected chi connectivity index (χ0v) is 20.3. The van der Waals surface area contributed by atoms with Gasteiger partial charge in [-0.05, 0) is 49.4 Å². The van der Waals surface area contributed by atoms with Crippen molar-refractivity contribution in [2.24, 2.45) is 0 Å². The van der Waals surface area contributed by atoms with E-state index >= 15 is 0 Å². The number of hydrogen-bond donors (Lipinski definition) is 2. The van der Waals surface area contributed by atoms with Crippen molar-refractivity contribution in [3.63, 3.8) is 0 Å². The number of aromatic nitrogens is 1. The number of hydrogen-bond acceptors (Lipinski definition) is 6. The van der Waals surface area contributed by atoms with Gasteiger partial charge in [-0.2, -0.15) is 0 Å². The van der Waals surface area contributed by atoms with Crippen molar-refractivity contribution in [3.8, 4) is 11.3 Å². The summed E-state index contributed by atoms with van der Waals surface area (Å²) in [6.45, 7) is -0.174. The highest BCUT2D eigenvalue weighted by Gasteiger charge is 2.22. The average molecular weight is 520 g/mol. The second-order valence-corrected chi connectivity index (χ2v) is 8.40. The molecule has 37 heavy (non-hydrogen) atoms. The highest BCUT2D eigenvalue weighted by molar-refractivity contribution is 5.84. The fourth-order valence-corrected chi connectivity index (χ4v) is 3.67. The molecule has 0 bridgehead atoms. The molecule has 2 N–H and O–H groups in total. The molecule has 1 aromatic heterocycles. The maximum Gasteiger partial charge on any atom is 0.412 e. The number of aliphatic hydroxyl groups is 1. The van der Waals surface area contributed by atoms with E-state index in [4.69, 9.17) is 14.4 Å². The molecular formula is C26H28F3N3O5. The number of nitrogens with one attached hydrogen (secondary N) is 1. The van der Waals surface area contributed by atoms with Crippen LogP contribution in [0.3, 0.4) is 0 Å². The fraction of sp³-hybridized carbons (Fsp3) is 0.346. The van der Waals surface area contributed by atoms with E-state index in [2.05, 4.69) is 10.5 Å². The normalized spacial score (nSPS) is 11.7. The van der Waals surface area contributed by atoms with Gasteiger partial charge >= 0.3 is 6.09 Å². The minimum Gasteiger partial charge on any atom is -0.447 e. The van der Waals surface area contributed by atoms with Gasteiger partial charge in [-0.15, -0.1) is 0 Å². The van der Waals surface area contributed by atoms with Crippen LogP contribution in [-0.2, 0) is 16.0 Å². The van der Waals surface area contributed by atoms with Gasteiger partial charge in [0.05, 0.1) is 6.04 Å². The smallest absolute Gasteiger partial charge is 0.412 e. The highest BCUT2D eigenvalue weighted by atomic mass is 19.2. The van der Waals surface area contributed by atoms with Gasteiger partial charge < -0.3 is 19.3 Å². The summed E-state index contributed by atoms with van der Waals surface area (Å²) in [7, 11) is 1.54. The Labute approximate surface area is 212 Å². The Balaban J connectivity index is 1.55. The fourth-order valence-electron chi connectivity index (χ4n) is 3.67. The molecule has 0 saturated heterocycles. The van der Waals surface area contributed by atoms with E-state index in [9.17, 15) is 22.8 Å². The number of unbranched alkanes of at least 4 members (excludes halogenated alkanes) is 1. The number of ether oxygens (including phenoxy) is 1. The van der Waals surface area contributed by atoms with Crippen LogP contribution in [-0.4, -0.2) is 53.5 Å². The number of anilines is 1. The molecule has 0 fully saturated rings. The van der Waals surface area contributed by atoms with Crippen molar-refractivity contribution in [3.05, 3.63) is 71.5 Å². The summed E-state index contributed by atoms with van der Waals surface area (Å²) in [5, 5.41) is 15.2. The predicted octanol–water partition coefficient (Wildman–Crippen LogP) is 4.93. The lowest BCUT2D eigenvalue weighted by atomic mass is 10.1. The first kappa shape index (κ1) is 27.7. The van der Waals surface area contributed by atoms with Gasteiger partial charge in [-0.1, -0.05) is 29.4 Å². The number of rotatable bonds is 12. The second kappa shape index (κ2) is 13.4. The number of halogens is 3. The number of likely N-dealkylation sites (N-methyl/N-ethyl adjacent to an activating group) is 1. The topological polar surface area (TPSA) is 105 Å². The Morgan fingerprint density at radius 2 is 1.92 bits per heavy atom. The van der Waals surface area contributed by atoms with E-state index in [1.54, 1.807) is 6.07 Å². The summed E-state index contributed by atoms with van der Waals surface area (Å²) >= 11 is 0. The van der Waals surface area contributed by atoms with Gasteiger partial charge in [0.1, 0.15) is 12.4 Å². The van der Waals surface area contributed by atoms with E-state index in [-0.39, 0.29) is 49.1 Å². The quantitative estimate of drug-likeness (QED) is 0.329. The van der Waals surface area contributed by atoms with Crippen LogP contribution in [0.4, 0.5) is 23.8 Å². The van der Waals surface area contributed by atoms with E-state index in [1.165, 1.54) is 48.3 Å². The molecule has 0 aliphatic heterocycles. The third-order valence-electron chi connectivity index (χ3n) is 5.78. The maximum absolute atomic E-state index is 13.9. The van der Waals surface area contributed by atoms with E-state index < -0.39 is 29.6 Å². The zero-order chi connectivity index (χ0) is 26.8. The lowest BCUT2D eigenvalue weighted by Gasteiger charge is -2.28. The van der Waals surface area contributed by atoms with E-state index in [1.807, 2.05) is 0 Å². The van der Waals surface area contributed by atoms with Gasteiger partial charge in [0.15, 0.2) is 23.2 Å². The first-order chi connectivity index (χ1) is 17.8.